The van der Waals surface area contributed by atoms with Gasteiger partial charge < -0.3 is 4.74 Å². The Kier molecular flexibility index (Phi) is 4.11. The van der Waals surface area contributed by atoms with Crippen LogP contribution < -0.4 is 0 Å². The number of hydrogen-bond donors (Lipinski definition) is 1. The van der Waals surface area contributed by atoms with Gasteiger partial charge in [-0.05, 0) is 37.5 Å². The highest BCUT2D eigenvalue weighted by molar-refractivity contribution is 7.81. The SMILES string of the molecule is COC(C)C1CCC(C)C(S)C1C. The zero-order valence-corrected chi connectivity index (χ0v) is 10.1. The number of rotatable bonds is 2. The topological polar surface area (TPSA) is 9.23 Å². The Morgan fingerprint density at radius 2 is 1.92 bits per heavy atom. The monoisotopic (exact) mass is 202 g/mol. The third-order valence-corrected chi connectivity index (χ3v) is 4.71. The first kappa shape index (κ1) is 11.4. The molecule has 1 aliphatic rings. The maximum Gasteiger partial charge on any atom is 0.0574 e. The quantitative estimate of drug-likeness (QED) is 0.677. The van der Waals surface area contributed by atoms with E-state index in [1.54, 1.807) is 0 Å². The molecule has 0 aliphatic heterocycles. The van der Waals surface area contributed by atoms with Crippen LogP contribution >= 0.6 is 12.6 Å². The van der Waals surface area contributed by atoms with Crippen LogP contribution in [0.1, 0.15) is 33.6 Å². The van der Waals surface area contributed by atoms with Gasteiger partial charge in [-0.1, -0.05) is 13.8 Å². The maximum absolute atomic E-state index is 5.41. The minimum Gasteiger partial charge on any atom is -0.381 e. The summed E-state index contributed by atoms with van der Waals surface area (Å²) in [5.74, 6) is 2.14. The second kappa shape index (κ2) is 4.70. The molecule has 1 aliphatic carbocycles. The Morgan fingerprint density at radius 1 is 1.31 bits per heavy atom. The second-order valence-electron chi connectivity index (χ2n) is 4.51. The van der Waals surface area contributed by atoms with E-state index in [2.05, 4.69) is 33.4 Å². The largest absolute Gasteiger partial charge is 0.381 e. The van der Waals surface area contributed by atoms with Gasteiger partial charge >= 0.3 is 0 Å². The van der Waals surface area contributed by atoms with Gasteiger partial charge in [-0.3, -0.25) is 0 Å². The molecule has 0 saturated heterocycles. The minimum absolute atomic E-state index is 0.386. The molecule has 13 heavy (non-hydrogen) atoms. The summed E-state index contributed by atoms with van der Waals surface area (Å²) in [6.07, 6.45) is 2.99. The van der Waals surface area contributed by atoms with Crippen molar-refractivity contribution in [2.24, 2.45) is 17.8 Å². The summed E-state index contributed by atoms with van der Waals surface area (Å²) in [4.78, 5) is 0. The Balaban J connectivity index is 2.58. The van der Waals surface area contributed by atoms with E-state index in [9.17, 15) is 0 Å². The smallest absolute Gasteiger partial charge is 0.0574 e. The fourth-order valence-electron chi connectivity index (χ4n) is 2.50. The summed E-state index contributed by atoms with van der Waals surface area (Å²) in [5.41, 5.74) is 0. The van der Waals surface area contributed by atoms with Gasteiger partial charge in [-0.25, -0.2) is 0 Å². The molecule has 5 atom stereocenters. The average molecular weight is 202 g/mol. The van der Waals surface area contributed by atoms with Gasteiger partial charge in [0.05, 0.1) is 6.10 Å². The first-order chi connectivity index (χ1) is 6.07. The third-order valence-electron chi connectivity index (χ3n) is 3.73. The first-order valence-electron chi connectivity index (χ1n) is 5.28. The summed E-state index contributed by atoms with van der Waals surface area (Å²) < 4.78 is 5.41. The Morgan fingerprint density at radius 3 is 2.46 bits per heavy atom. The van der Waals surface area contributed by atoms with E-state index in [-0.39, 0.29) is 0 Å². The van der Waals surface area contributed by atoms with Crippen LogP contribution in [0.5, 0.6) is 0 Å². The first-order valence-corrected chi connectivity index (χ1v) is 5.80. The van der Waals surface area contributed by atoms with E-state index in [1.807, 2.05) is 7.11 Å². The van der Waals surface area contributed by atoms with Gasteiger partial charge in [0.2, 0.25) is 0 Å². The van der Waals surface area contributed by atoms with E-state index < -0.39 is 0 Å². The summed E-state index contributed by atoms with van der Waals surface area (Å²) in [6.45, 7) is 6.80. The van der Waals surface area contributed by atoms with E-state index in [4.69, 9.17) is 4.74 Å². The lowest BCUT2D eigenvalue weighted by Gasteiger charge is -2.40. The highest BCUT2D eigenvalue weighted by atomic mass is 32.1. The molecule has 0 aromatic heterocycles. The van der Waals surface area contributed by atoms with Crippen molar-refractivity contribution >= 4 is 12.6 Å². The molecule has 0 heterocycles. The van der Waals surface area contributed by atoms with Gasteiger partial charge in [0, 0.05) is 12.4 Å². The predicted molar refractivity (Wildman–Crippen MR) is 60.3 cm³/mol. The standard InChI is InChI=1S/C11H22OS/c1-7-5-6-10(9(3)12-4)8(2)11(7)13/h7-11,13H,5-6H2,1-4H3. The summed E-state index contributed by atoms with van der Waals surface area (Å²) in [7, 11) is 1.81. The van der Waals surface area contributed by atoms with Gasteiger partial charge in [0.25, 0.3) is 0 Å². The lowest BCUT2D eigenvalue weighted by atomic mass is 9.73. The molecule has 0 N–H and O–H groups in total. The van der Waals surface area contributed by atoms with Crippen LogP contribution in [0.15, 0.2) is 0 Å². The Hall–Kier alpha value is 0.310. The van der Waals surface area contributed by atoms with Crippen LogP contribution in [0.25, 0.3) is 0 Å². The molecule has 0 spiro atoms. The van der Waals surface area contributed by atoms with Crippen molar-refractivity contribution in [2.75, 3.05) is 7.11 Å². The van der Waals surface area contributed by atoms with Crippen molar-refractivity contribution in [3.63, 3.8) is 0 Å². The normalized spacial score (nSPS) is 43.2. The second-order valence-corrected chi connectivity index (χ2v) is 5.11. The van der Waals surface area contributed by atoms with E-state index >= 15 is 0 Å². The van der Waals surface area contributed by atoms with Gasteiger partial charge in [-0.2, -0.15) is 12.6 Å². The van der Waals surface area contributed by atoms with Crippen LogP contribution in [-0.4, -0.2) is 18.5 Å². The van der Waals surface area contributed by atoms with Crippen molar-refractivity contribution in [2.45, 2.75) is 45.0 Å². The molecule has 0 aromatic carbocycles. The van der Waals surface area contributed by atoms with Crippen LogP contribution in [0.4, 0.5) is 0 Å². The van der Waals surface area contributed by atoms with Crippen molar-refractivity contribution in [3.8, 4) is 0 Å². The van der Waals surface area contributed by atoms with Gasteiger partial charge in [-0.15, -0.1) is 0 Å². The maximum atomic E-state index is 5.41. The minimum atomic E-state index is 0.386. The van der Waals surface area contributed by atoms with Crippen molar-refractivity contribution < 1.29 is 4.74 Å². The molecule has 1 fully saturated rings. The molecule has 78 valence electrons. The molecular formula is C11H22OS. The molecule has 0 bridgehead atoms. The fourth-order valence-corrected chi connectivity index (χ4v) is 2.87. The molecule has 2 heteroatoms. The fraction of sp³-hybridized carbons (Fsp3) is 1.00. The lowest BCUT2D eigenvalue weighted by Crippen LogP contribution is -2.38. The van der Waals surface area contributed by atoms with Gasteiger partial charge in [0.15, 0.2) is 0 Å². The Bertz CT molecular complexity index is 160. The molecule has 0 radical (unpaired) electrons. The summed E-state index contributed by atoms with van der Waals surface area (Å²) in [5, 5.41) is 0.552. The Labute approximate surface area is 87.7 Å². The lowest BCUT2D eigenvalue weighted by molar-refractivity contribution is 0.0209. The molecule has 5 unspecified atom stereocenters. The summed E-state index contributed by atoms with van der Waals surface area (Å²) >= 11 is 4.69. The highest BCUT2D eigenvalue weighted by Crippen LogP contribution is 2.39. The van der Waals surface area contributed by atoms with E-state index in [1.165, 1.54) is 12.8 Å². The van der Waals surface area contributed by atoms with Crippen LogP contribution in [0.2, 0.25) is 0 Å². The molecule has 0 amide bonds. The van der Waals surface area contributed by atoms with E-state index in [0.29, 0.717) is 23.2 Å². The van der Waals surface area contributed by atoms with Gasteiger partial charge in [0.1, 0.15) is 0 Å². The molecule has 1 rings (SSSR count). The average Bonchev–Trinajstić information content (AvgIpc) is 2.13. The number of hydrogen-bond acceptors (Lipinski definition) is 2. The van der Waals surface area contributed by atoms with Crippen molar-refractivity contribution in [3.05, 3.63) is 0 Å². The van der Waals surface area contributed by atoms with E-state index in [0.717, 1.165) is 5.92 Å². The van der Waals surface area contributed by atoms with Crippen molar-refractivity contribution in [1.29, 1.82) is 0 Å². The van der Waals surface area contributed by atoms with Crippen molar-refractivity contribution in [1.82, 2.24) is 0 Å². The number of thiol groups is 1. The molecule has 1 nitrogen and oxygen atoms in total. The third kappa shape index (κ3) is 2.41. The molecule has 0 aromatic rings. The zero-order valence-electron chi connectivity index (χ0n) is 9.16. The number of ether oxygens (including phenoxy) is 1. The predicted octanol–water partition coefficient (Wildman–Crippen LogP) is 3.00. The van der Waals surface area contributed by atoms with Crippen LogP contribution in [0.3, 0.4) is 0 Å². The molecule has 1 saturated carbocycles. The highest BCUT2D eigenvalue weighted by Gasteiger charge is 2.35. The number of methoxy groups -OCH3 is 1. The zero-order chi connectivity index (χ0) is 10.0. The van der Waals surface area contributed by atoms with Crippen LogP contribution in [-0.2, 0) is 4.74 Å². The summed E-state index contributed by atoms with van der Waals surface area (Å²) in [6, 6.07) is 0. The van der Waals surface area contributed by atoms with Crippen LogP contribution in [0, 0.1) is 17.8 Å². The molecular weight excluding hydrogens is 180 g/mol.